The van der Waals surface area contributed by atoms with Gasteiger partial charge in [0.1, 0.15) is 0 Å². The Balaban J connectivity index is 2.82. The van der Waals surface area contributed by atoms with Crippen molar-refractivity contribution in [3.8, 4) is 0 Å². The third-order valence-electron chi connectivity index (χ3n) is 2.65. The zero-order valence-electron chi connectivity index (χ0n) is 11.1. The maximum absolute atomic E-state index is 13.2. The smallest absolute Gasteiger partial charge is 0.281 e. The molecular weight excluding hydrogens is 252 g/mol. The monoisotopic (exact) mass is 273 g/mol. The number of hydrogen-bond acceptors (Lipinski definition) is 2. The molecule has 1 atom stereocenters. The van der Waals surface area contributed by atoms with Crippen LogP contribution in [0.15, 0.2) is 30.3 Å². The van der Waals surface area contributed by atoms with Crippen molar-refractivity contribution in [3.63, 3.8) is 0 Å². The van der Waals surface area contributed by atoms with Crippen molar-refractivity contribution in [1.29, 1.82) is 0 Å². The highest BCUT2D eigenvalue weighted by molar-refractivity contribution is 6.70. The molecule has 1 aromatic carbocycles. The summed E-state index contributed by atoms with van der Waals surface area (Å²) >= 11 is 0. The quantitative estimate of drug-likeness (QED) is 0.833. The Morgan fingerprint density at radius 3 is 2.17 bits per heavy atom. The van der Waals surface area contributed by atoms with Crippen LogP contribution in [-0.2, 0) is 4.43 Å². The van der Waals surface area contributed by atoms with Crippen LogP contribution in [0.1, 0.15) is 20.8 Å². The van der Waals surface area contributed by atoms with Crippen LogP contribution in [0.3, 0.4) is 0 Å². The zero-order valence-corrected chi connectivity index (χ0v) is 12.3. The second-order valence-corrected chi connectivity index (χ2v) is 9.02. The van der Waals surface area contributed by atoms with Gasteiger partial charge in [0, 0.05) is 0 Å². The molecule has 2 nitrogen and oxygen atoms in total. The standard InChI is InChI=1S/C13H21F2NOSi/c1-12(2,3)18(11-7-5-4-6-8-11)17-10-13(14,15)9-16/h4-8,18H,9-10,16H2,1-3H3. The van der Waals surface area contributed by atoms with Crippen LogP contribution in [0, 0.1) is 0 Å². The predicted molar refractivity (Wildman–Crippen MR) is 72.9 cm³/mol. The van der Waals surface area contributed by atoms with E-state index in [4.69, 9.17) is 10.2 Å². The Labute approximate surface area is 109 Å². The van der Waals surface area contributed by atoms with Crippen molar-refractivity contribution in [3.05, 3.63) is 30.3 Å². The minimum absolute atomic E-state index is 0.119. The highest BCUT2D eigenvalue weighted by atomic mass is 28.3. The maximum Gasteiger partial charge on any atom is 0.281 e. The molecule has 1 rings (SSSR count). The molecule has 0 saturated heterocycles. The van der Waals surface area contributed by atoms with Crippen molar-refractivity contribution < 1.29 is 13.2 Å². The number of hydrogen-bond donors (Lipinski definition) is 1. The average Bonchev–Trinajstić information content (AvgIpc) is 2.29. The van der Waals surface area contributed by atoms with Crippen molar-refractivity contribution in [2.24, 2.45) is 5.73 Å². The van der Waals surface area contributed by atoms with Gasteiger partial charge in [0.25, 0.3) is 5.92 Å². The summed E-state index contributed by atoms with van der Waals surface area (Å²) in [5.41, 5.74) is 5.03. The van der Waals surface area contributed by atoms with Crippen LogP contribution in [0.25, 0.3) is 0 Å². The van der Waals surface area contributed by atoms with E-state index in [0.29, 0.717) is 0 Å². The van der Waals surface area contributed by atoms with E-state index < -0.39 is 28.1 Å². The largest absolute Gasteiger partial charge is 0.409 e. The first kappa shape index (κ1) is 15.3. The van der Waals surface area contributed by atoms with Gasteiger partial charge in [-0.05, 0) is 10.2 Å². The number of rotatable bonds is 5. The number of benzene rings is 1. The molecule has 2 N–H and O–H groups in total. The van der Waals surface area contributed by atoms with Gasteiger partial charge in [-0.15, -0.1) is 0 Å². The second kappa shape index (κ2) is 5.91. The molecule has 0 aliphatic rings. The third-order valence-corrected chi connectivity index (χ3v) is 5.71. The predicted octanol–water partition coefficient (Wildman–Crippen LogP) is 2.03. The first-order chi connectivity index (χ1) is 8.26. The van der Waals surface area contributed by atoms with Crippen LogP contribution >= 0.6 is 0 Å². The first-order valence-corrected chi connectivity index (χ1v) is 7.63. The molecule has 1 unspecified atom stereocenters. The fourth-order valence-corrected chi connectivity index (χ4v) is 4.41. The summed E-state index contributed by atoms with van der Waals surface area (Å²) in [5.74, 6) is -2.94. The lowest BCUT2D eigenvalue weighted by Crippen LogP contribution is -2.45. The molecule has 0 aromatic heterocycles. The second-order valence-electron chi connectivity index (χ2n) is 5.53. The zero-order chi connectivity index (χ0) is 13.8. The molecule has 0 aliphatic carbocycles. The summed E-state index contributed by atoms with van der Waals surface area (Å²) in [6.45, 7) is 4.81. The van der Waals surface area contributed by atoms with Gasteiger partial charge >= 0.3 is 0 Å². The van der Waals surface area contributed by atoms with Crippen molar-refractivity contribution in [1.82, 2.24) is 0 Å². The number of alkyl halides is 2. The molecule has 0 saturated carbocycles. The van der Waals surface area contributed by atoms with Gasteiger partial charge in [-0.1, -0.05) is 51.1 Å². The minimum Gasteiger partial charge on any atom is -0.409 e. The highest BCUT2D eigenvalue weighted by Crippen LogP contribution is 2.28. The molecule has 5 heteroatoms. The molecule has 1 aromatic rings. The van der Waals surface area contributed by atoms with E-state index >= 15 is 0 Å². The maximum atomic E-state index is 13.2. The Hall–Kier alpha value is -0.783. The molecular formula is C13H21F2NOSi. The molecule has 0 amide bonds. The van der Waals surface area contributed by atoms with Gasteiger partial charge in [0.15, 0.2) is 0 Å². The van der Waals surface area contributed by atoms with Crippen LogP contribution in [0.2, 0.25) is 5.04 Å². The molecule has 0 heterocycles. The van der Waals surface area contributed by atoms with E-state index in [2.05, 4.69) is 0 Å². The van der Waals surface area contributed by atoms with E-state index in [1.807, 2.05) is 51.1 Å². The summed E-state index contributed by atoms with van der Waals surface area (Å²) in [6.07, 6.45) is 0. The van der Waals surface area contributed by atoms with Gasteiger partial charge in [0.2, 0.25) is 9.04 Å². The van der Waals surface area contributed by atoms with Gasteiger partial charge in [-0.25, -0.2) is 8.78 Å². The molecule has 0 aliphatic heterocycles. The molecule has 18 heavy (non-hydrogen) atoms. The van der Waals surface area contributed by atoms with Crippen molar-refractivity contribution in [2.75, 3.05) is 13.2 Å². The SMILES string of the molecule is CC(C)(C)[SiH](OCC(F)(F)CN)c1ccccc1. The fraction of sp³-hybridized carbons (Fsp3) is 0.538. The minimum atomic E-state index is -2.94. The highest BCUT2D eigenvalue weighted by Gasteiger charge is 2.34. The van der Waals surface area contributed by atoms with E-state index in [0.717, 1.165) is 5.19 Å². The number of halogens is 2. The molecule has 0 spiro atoms. The van der Waals surface area contributed by atoms with Crippen molar-refractivity contribution >= 4 is 14.2 Å². The average molecular weight is 273 g/mol. The van der Waals surface area contributed by atoms with E-state index in [9.17, 15) is 8.78 Å². The molecule has 0 bridgehead atoms. The molecule has 102 valence electrons. The van der Waals surface area contributed by atoms with Crippen LogP contribution < -0.4 is 10.9 Å². The third kappa shape index (κ3) is 4.47. The first-order valence-electron chi connectivity index (χ1n) is 6.01. The van der Waals surface area contributed by atoms with Crippen LogP contribution in [-0.4, -0.2) is 28.1 Å². The van der Waals surface area contributed by atoms with Gasteiger partial charge in [-0.2, -0.15) is 0 Å². The van der Waals surface area contributed by atoms with E-state index in [1.54, 1.807) is 0 Å². The lowest BCUT2D eigenvalue weighted by molar-refractivity contribution is -0.0335. The Kier molecular flexibility index (Phi) is 5.01. The van der Waals surface area contributed by atoms with Gasteiger partial charge < -0.3 is 10.2 Å². The summed E-state index contributed by atoms with van der Waals surface area (Å²) in [7, 11) is -1.93. The fourth-order valence-electron chi connectivity index (χ4n) is 1.74. The Bertz CT molecular complexity index is 365. The van der Waals surface area contributed by atoms with Crippen LogP contribution in [0.4, 0.5) is 8.78 Å². The summed E-state index contributed by atoms with van der Waals surface area (Å²) < 4.78 is 31.9. The number of nitrogens with two attached hydrogens (primary N) is 1. The normalized spacial score (nSPS) is 14.6. The molecule has 0 radical (unpaired) electrons. The van der Waals surface area contributed by atoms with E-state index in [1.165, 1.54) is 0 Å². The lowest BCUT2D eigenvalue weighted by Gasteiger charge is -2.30. The van der Waals surface area contributed by atoms with Gasteiger partial charge in [0.05, 0.1) is 13.2 Å². The van der Waals surface area contributed by atoms with Gasteiger partial charge in [-0.3, -0.25) is 0 Å². The Morgan fingerprint density at radius 2 is 1.72 bits per heavy atom. The lowest BCUT2D eigenvalue weighted by atomic mass is 10.2. The summed E-state index contributed by atoms with van der Waals surface area (Å²) in [5, 5.41) is 0.921. The van der Waals surface area contributed by atoms with Crippen LogP contribution in [0.5, 0.6) is 0 Å². The van der Waals surface area contributed by atoms with E-state index in [-0.39, 0.29) is 5.04 Å². The van der Waals surface area contributed by atoms with Crippen molar-refractivity contribution in [2.45, 2.75) is 31.7 Å². The molecule has 0 fully saturated rings. The Morgan fingerprint density at radius 1 is 1.17 bits per heavy atom. The topological polar surface area (TPSA) is 35.2 Å². The summed E-state index contributed by atoms with van der Waals surface area (Å²) in [4.78, 5) is 0. The summed E-state index contributed by atoms with van der Waals surface area (Å²) in [6, 6.07) is 9.62.